The number of halogens is 2. The van der Waals surface area contributed by atoms with Crippen molar-refractivity contribution >= 4 is 34.4 Å². The van der Waals surface area contributed by atoms with Gasteiger partial charge in [0, 0.05) is 35.8 Å². The van der Waals surface area contributed by atoms with Gasteiger partial charge in [0.25, 0.3) is 6.01 Å². The summed E-state index contributed by atoms with van der Waals surface area (Å²) >= 11 is 12.5. The van der Waals surface area contributed by atoms with Gasteiger partial charge < -0.3 is 5.11 Å². The lowest BCUT2D eigenvalue weighted by molar-refractivity contribution is 0.362. The highest BCUT2D eigenvalue weighted by Crippen LogP contribution is 2.38. The lowest BCUT2D eigenvalue weighted by Gasteiger charge is -2.18. The Morgan fingerprint density at radius 2 is 1.91 bits per heavy atom. The minimum Gasteiger partial charge on any atom is -0.480 e. The fourth-order valence-corrected chi connectivity index (χ4v) is 3.27. The lowest BCUT2D eigenvalue weighted by atomic mass is 10.1. The van der Waals surface area contributed by atoms with Gasteiger partial charge in [0.15, 0.2) is 5.65 Å². The molecule has 0 bridgehead atoms. The van der Waals surface area contributed by atoms with Crippen LogP contribution in [-0.2, 0) is 0 Å². The highest BCUT2D eigenvalue weighted by atomic mass is 35.5. The second-order valence-corrected chi connectivity index (χ2v) is 6.14. The average Bonchev–Trinajstić information content (AvgIpc) is 2.85. The monoisotopic (exact) mass is 350 g/mol. The van der Waals surface area contributed by atoms with Crippen LogP contribution in [-0.4, -0.2) is 24.6 Å². The molecule has 3 heterocycles. The summed E-state index contributed by atoms with van der Waals surface area (Å²) in [5, 5.41) is 11.3. The molecule has 0 amide bonds. The predicted octanol–water partition coefficient (Wildman–Crippen LogP) is 4.87. The van der Waals surface area contributed by atoms with Crippen LogP contribution in [0.1, 0.15) is 32.7 Å². The average molecular weight is 351 g/mol. The molecule has 0 radical (unpaired) electrons. The number of hydrogen-bond acceptors (Lipinski definition) is 4. The zero-order valence-corrected chi connectivity index (χ0v) is 14.3. The van der Waals surface area contributed by atoms with E-state index in [1.807, 2.05) is 0 Å². The van der Waals surface area contributed by atoms with Gasteiger partial charge in [0.2, 0.25) is 0 Å². The smallest absolute Gasteiger partial charge is 0.296 e. The standard InChI is InChI=1S/C16H16Cl2N4O/c1-3-11(4-2)22-14-13(9-5-10(17)7-19-6-9)12(18)8-20-15(14)21-16(22)23/h5-8,11H,3-4H2,1-2H3,(H,20,21,23). The van der Waals surface area contributed by atoms with E-state index in [0.717, 1.165) is 24.0 Å². The van der Waals surface area contributed by atoms with Gasteiger partial charge in [0.05, 0.1) is 10.0 Å². The van der Waals surface area contributed by atoms with E-state index in [1.165, 1.54) is 6.20 Å². The number of aromatic nitrogens is 4. The molecule has 0 aliphatic carbocycles. The van der Waals surface area contributed by atoms with Crippen LogP contribution in [0.15, 0.2) is 24.7 Å². The topological polar surface area (TPSA) is 63.8 Å². The van der Waals surface area contributed by atoms with Crippen LogP contribution in [0.25, 0.3) is 22.3 Å². The maximum Gasteiger partial charge on any atom is 0.296 e. The van der Waals surface area contributed by atoms with Gasteiger partial charge in [-0.15, -0.1) is 0 Å². The molecule has 1 N–H and O–H groups in total. The quantitative estimate of drug-likeness (QED) is 0.729. The van der Waals surface area contributed by atoms with Crippen molar-refractivity contribution in [1.29, 1.82) is 0 Å². The number of pyridine rings is 2. The number of aromatic hydroxyl groups is 1. The van der Waals surface area contributed by atoms with Crippen LogP contribution in [0, 0.1) is 0 Å². The molecule has 0 atom stereocenters. The third-order valence-electron chi connectivity index (χ3n) is 3.95. The van der Waals surface area contributed by atoms with Crippen molar-refractivity contribution in [2.24, 2.45) is 0 Å². The summed E-state index contributed by atoms with van der Waals surface area (Å²) in [6.07, 6.45) is 6.50. The van der Waals surface area contributed by atoms with E-state index in [4.69, 9.17) is 23.2 Å². The SMILES string of the molecule is CCC(CC)n1c(O)nc2ncc(Cl)c(-c3cncc(Cl)c3)c21. The van der Waals surface area contributed by atoms with Crippen molar-refractivity contribution in [2.45, 2.75) is 32.7 Å². The van der Waals surface area contributed by atoms with Gasteiger partial charge in [0.1, 0.15) is 5.52 Å². The molecular formula is C16H16Cl2N4O. The fourth-order valence-electron chi connectivity index (χ4n) is 2.85. The van der Waals surface area contributed by atoms with E-state index in [0.29, 0.717) is 21.2 Å². The summed E-state index contributed by atoms with van der Waals surface area (Å²) < 4.78 is 1.80. The first-order valence-electron chi connectivity index (χ1n) is 7.43. The highest BCUT2D eigenvalue weighted by Gasteiger charge is 2.22. The largest absolute Gasteiger partial charge is 0.480 e. The molecule has 7 heteroatoms. The Morgan fingerprint density at radius 3 is 2.57 bits per heavy atom. The van der Waals surface area contributed by atoms with E-state index in [1.54, 1.807) is 23.0 Å². The summed E-state index contributed by atoms with van der Waals surface area (Å²) in [6.45, 7) is 4.13. The third kappa shape index (κ3) is 2.75. The van der Waals surface area contributed by atoms with Gasteiger partial charge in [-0.3, -0.25) is 9.55 Å². The summed E-state index contributed by atoms with van der Waals surface area (Å²) in [5.41, 5.74) is 2.65. The zero-order valence-electron chi connectivity index (χ0n) is 12.8. The summed E-state index contributed by atoms with van der Waals surface area (Å²) in [4.78, 5) is 12.5. The van der Waals surface area contributed by atoms with Crippen LogP contribution in [0.4, 0.5) is 0 Å². The first-order chi connectivity index (χ1) is 11.1. The van der Waals surface area contributed by atoms with E-state index >= 15 is 0 Å². The number of rotatable bonds is 4. The van der Waals surface area contributed by atoms with E-state index in [-0.39, 0.29) is 12.1 Å². The predicted molar refractivity (Wildman–Crippen MR) is 92.1 cm³/mol. The molecule has 3 rings (SSSR count). The van der Waals surface area contributed by atoms with Crippen molar-refractivity contribution in [3.05, 3.63) is 34.7 Å². The molecule has 120 valence electrons. The Labute approximate surface area is 143 Å². The van der Waals surface area contributed by atoms with Crippen LogP contribution in [0.5, 0.6) is 6.01 Å². The Morgan fingerprint density at radius 1 is 1.17 bits per heavy atom. The van der Waals surface area contributed by atoms with Gasteiger partial charge in [-0.1, -0.05) is 37.0 Å². The summed E-state index contributed by atoms with van der Waals surface area (Å²) in [6, 6.07) is 1.84. The molecule has 0 fully saturated rings. The molecule has 3 aromatic rings. The Bertz CT molecular complexity index is 859. The first-order valence-corrected chi connectivity index (χ1v) is 8.18. The molecule has 5 nitrogen and oxygen atoms in total. The molecular weight excluding hydrogens is 335 g/mol. The number of imidazole rings is 1. The van der Waals surface area contributed by atoms with Crippen molar-refractivity contribution in [3.8, 4) is 17.1 Å². The van der Waals surface area contributed by atoms with Crippen LogP contribution >= 0.6 is 23.2 Å². The Balaban J connectivity index is 2.39. The third-order valence-corrected chi connectivity index (χ3v) is 4.44. The van der Waals surface area contributed by atoms with Crippen LogP contribution < -0.4 is 0 Å². The van der Waals surface area contributed by atoms with Crippen molar-refractivity contribution in [1.82, 2.24) is 19.5 Å². The zero-order chi connectivity index (χ0) is 16.6. The maximum absolute atomic E-state index is 10.3. The fraction of sp³-hybridized carbons (Fsp3) is 0.312. The number of nitrogens with zero attached hydrogens (tertiary/aromatic N) is 4. The number of fused-ring (bicyclic) bond motifs is 1. The molecule has 0 saturated carbocycles. The first kappa shape index (κ1) is 16.0. The van der Waals surface area contributed by atoms with Crippen molar-refractivity contribution < 1.29 is 5.11 Å². The van der Waals surface area contributed by atoms with Gasteiger partial charge >= 0.3 is 0 Å². The molecule has 0 saturated heterocycles. The van der Waals surface area contributed by atoms with Crippen LogP contribution in [0.3, 0.4) is 0 Å². The van der Waals surface area contributed by atoms with Gasteiger partial charge in [-0.05, 0) is 18.9 Å². The second kappa shape index (κ2) is 6.34. The van der Waals surface area contributed by atoms with E-state index in [9.17, 15) is 5.11 Å². The summed E-state index contributed by atoms with van der Waals surface area (Å²) in [5.74, 6) is 0. The van der Waals surface area contributed by atoms with Crippen molar-refractivity contribution in [3.63, 3.8) is 0 Å². The molecule has 0 aliphatic rings. The number of hydrogen-bond donors (Lipinski definition) is 1. The Hall–Kier alpha value is -1.85. The Kier molecular flexibility index (Phi) is 4.41. The van der Waals surface area contributed by atoms with E-state index < -0.39 is 0 Å². The van der Waals surface area contributed by atoms with Crippen LogP contribution in [0.2, 0.25) is 10.0 Å². The van der Waals surface area contributed by atoms with Crippen molar-refractivity contribution in [2.75, 3.05) is 0 Å². The van der Waals surface area contributed by atoms with Gasteiger partial charge in [-0.2, -0.15) is 4.98 Å². The molecule has 0 spiro atoms. The lowest BCUT2D eigenvalue weighted by Crippen LogP contribution is -2.07. The van der Waals surface area contributed by atoms with Gasteiger partial charge in [-0.25, -0.2) is 4.98 Å². The minimum atomic E-state index is -0.0558. The molecule has 0 aromatic carbocycles. The molecule has 3 aromatic heterocycles. The minimum absolute atomic E-state index is 0.0558. The molecule has 23 heavy (non-hydrogen) atoms. The summed E-state index contributed by atoms with van der Waals surface area (Å²) in [7, 11) is 0. The molecule has 0 aliphatic heterocycles. The maximum atomic E-state index is 10.3. The van der Waals surface area contributed by atoms with E-state index in [2.05, 4.69) is 28.8 Å². The highest BCUT2D eigenvalue weighted by molar-refractivity contribution is 6.35. The second-order valence-electron chi connectivity index (χ2n) is 5.30. The normalized spacial score (nSPS) is 11.5. The molecule has 0 unspecified atom stereocenters.